The molecule has 1 aliphatic rings. The van der Waals surface area contributed by atoms with E-state index in [1.165, 1.54) is 11.3 Å². The van der Waals surface area contributed by atoms with Crippen LogP contribution in [0.4, 0.5) is 5.13 Å². The van der Waals surface area contributed by atoms with Gasteiger partial charge in [-0.15, -0.1) is 21.5 Å². The molecule has 3 aromatic rings. The van der Waals surface area contributed by atoms with E-state index in [2.05, 4.69) is 25.6 Å². The van der Waals surface area contributed by atoms with Crippen LogP contribution in [0.5, 0.6) is 0 Å². The molecule has 1 N–H and O–H groups in total. The van der Waals surface area contributed by atoms with Crippen LogP contribution in [0.15, 0.2) is 24.1 Å². The van der Waals surface area contributed by atoms with Crippen molar-refractivity contribution in [1.82, 2.24) is 29.5 Å². The molecule has 1 fully saturated rings. The molecule has 4 rings (SSSR count). The first-order valence-electron chi connectivity index (χ1n) is 7.78. The third-order valence-electron chi connectivity index (χ3n) is 4.18. The number of hydrogen-bond donors (Lipinski definition) is 1. The fourth-order valence-corrected chi connectivity index (χ4v) is 3.50. The highest BCUT2D eigenvalue weighted by atomic mass is 32.1. The number of hydrogen-bond acceptors (Lipinski definition) is 6. The molecule has 1 amide bonds. The molecule has 0 aliphatic heterocycles. The van der Waals surface area contributed by atoms with Crippen LogP contribution in [0, 0.1) is 5.92 Å². The van der Waals surface area contributed by atoms with Gasteiger partial charge in [-0.1, -0.05) is 0 Å². The number of rotatable bonds is 5. The molecule has 3 heterocycles. The molecule has 0 radical (unpaired) electrons. The average Bonchev–Trinajstić information content (AvgIpc) is 2.96. The molecule has 24 heavy (non-hydrogen) atoms. The van der Waals surface area contributed by atoms with E-state index in [1.54, 1.807) is 17.2 Å². The molecule has 0 spiro atoms. The molecule has 0 bridgehead atoms. The van der Waals surface area contributed by atoms with Crippen molar-refractivity contribution in [2.75, 3.05) is 5.32 Å². The van der Waals surface area contributed by atoms with Crippen LogP contribution in [0.25, 0.3) is 11.3 Å². The van der Waals surface area contributed by atoms with Crippen LogP contribution in [-0.4, -0.2) is 35.4 Å². The third kappa shape index (κ3) is 2.71. The van der Waals surface area contributed by atoms with E-state index in [1.807, 2.05) is 30.1 Å². The minimum Gasteiger partial charge on any atom is -0.318 e. The van der Waals surface area contributed by atoms with Crippen molar-refractivity contribution in [3.8, 4) is 11.3 Å². The van der Waals surface area contributed by atoms with Crippen LogP contribution < -0.4 is 5.32 Å². The molecule has 1 saturated carbocycles. The molecule has 2 atom stereocenters. The van der Waals surface area contributed by atoms with Gasteiger partial charge in [-0.3, -0.25) is 9.48 Å². The minimum atomic E-state index is -0.0507. The summed E-state index contributed by atoms with van der Waals surface area (Å²) >= 11 is 1.42. The maximum Gasteiger partial charge on any atom is 0.230 e. The number of thiazole rings is 1. The van der Waals surface area contributed by atoms with Gasteiger partial charge in [0.05, 0.1) is 11.9 Å². The molecule has 0 aromatic carbocycles. The van der Waals surface area contributed by atoms with Crippen molar-refractivity contribution in [1.29, 1.82) is 0 Å². The topological polar surface area (TPSA) is 90.5 Å². The van der Waals surface area contributed by atoms with Gasteiger partial charge < -0.3 is 9.88 Å². The maximum absolute atomic E-state index is 12.4. The van der Waals surface area contributed by atoms with E-state index < -0.39 is 0 Å². The van der Waals surface area contributed by atoms with Crippen molar-refractivity contribution in [3.05, 3.63) is 29.9 Å². The number of carbonyl (C=O) groups excluding carboxylic acids is 1. The van der Waals surface area contributed by atoms with Crippen molar-refractivity contribution in [2.45, 2.75) is 25.8 Å². The standard InChI is InChI=1S/C15H17N7OS/c1-3-22-8-16-20-13(22)10-4-11(10)14(23)19-15-18-12(7-24-15)9-5-17-21(2)6-9/h5-8,10-11H,3-4H2,1-2H3,(H,18,19,23). The van der Waals surface area contributed by atoms with Crippen molar-refractivity contribution in [2.24, 2.45) is 13.0 Å². The molecule has 8 nitrogen and oxygen atoms in total. The summed E-state index contributed by atoms with van der Waals surface area (Å²) in [5.41, 5.74) is 1.76. The Balaban J connectivity index is 1.42. The zero-order chi connectivity index (χ0) is 16.7. The Hall–Kier alpha value is -2.55. The largest absolute Gasteiger partial charge is 0.318 e. The molecule has 2 unspecified atom stereocenters. The van der Waals surface area contributed by atoms with E-state index in [-0.39, 0.29) is 17.7 Å². The van der Waals surface area contributed by atoms with Gasteiger partial charge in [0, 0.05) is 42.6 Å². The highest BCUT2D eigenvalue weighted by molar-refractivity contribution is 7.14. The Bertz CT molecular complexity index is 880. The molecular weight excluding hydrogens is 326 g/mol. The second-order valence-electron chi connectivity index (χ2n) is 5.85. The van der Waals surface area contributed by atoms with Crippen molar-refractivity contribution < 1.29 is 4.79 Å². The summed E-state index contributed by atoms with van der Waals surface area (Å²) in [5, 5.41) is 17.7. The van der Waals surface area contributed by atoms with E-state index in [0.717, 1.165) is 30.0 Å². The number of nitrogens with one attached hydrogen (secondary N) is 1. The van der Waals surface area contributed by atoms with Gasteiger partial charge >= 0.3 is 0 Å². The summed E-state index contributed by atoms with van der Waals surface area (Å²) in [6.07, 6.45) is 6.18. The van der Waals surface area contributed by atoms with Crippen LogP contribution in [0.3, 0.4) is 0 Å². The zero-order valence-corrected chi connectivity index (χ0v) is 14.2. The average molecular weight is 343 g/mol. The number of nitrogens with zero attached hydrogens (tertiary/aromatic N) is 6. The zero-order valence-electron chi connectivity index (χ0n) is 13.4. The molecule has 9 heteroatoms. The second-order valence-corrected chi connectivity index (χ2v) is 6.71. The summed E-state index contributed by atoms with van der Waals surface area (Å²) in [4.78, 5) is 16.9. The van der Waals surface area contributed by atoms with Crippen LogP contribution in [-0.2, 0) is 18.4 Å². The number of anilines is 1. The summed E-state index contributed by atoms with van der Waals surface area (Å²) in [7, 11) is 1.86. The van der Waals surface area contributed by atoms with Crippen LogP contribution in [0.2, 0.25) is 0 Å². The first-order chi connectivity index (χ1) is 11.7. The van der Waals surface area contributed by atoms with Gasteiger partial charge in [0.25, 0.3) is 0 Å². The number of carbonyl (C=O) groups is 1. The lowest BCUT2D eigenvalue weighted by Crippen LogP contribution is -2.15. The number of aromatic nitrogens is 6. The molecule has 3 aromatic heterocycles. The van der Waals surface area contributed by atoms with Crippen LogP contribution in [0.1, 0.15) is 25.1 Å². The number of amides is 1. The number of aryl methyl sites for hydroxylation is 2. The molecular formula is C15H17N7OS. The maximum atomic E-state index is 12.4. The SMILES string of the molecule is CCn1cnnc1C1CC1C(=O)Nc1nc(-c2cnn(C)c2)cs1. The second kappa shape index (κ2) is 5.82. The fraction of sp³-hybridized carbons (Fsp3) is 0.400. The normalized spacial score (nSPS) is 19.4. The molecule has 1 aliphatic carbocycles. The van der Waals surface area contributed by atoms with Crippen LogP contribution >= 0.6 is 11.3 Å². The van der Waals surface area contributed by atoms with E-state index in [0.29, 0.717) is 5.13 Å². The highest BCUT2D eigenvalue weighted by Crippen LogP contribution is 2.47. The van der Waals surface area contributed by atoms with Crippen molar-refractivity contribution >= 4 is 22.4 Å². The highest BCUT2D eigenvalue weighted by Gasteiger charge is 2.47. The minimum absolute atomic E-state index is 0.00209. The monoisotopic (exact) mass is 343 g/mol. The molecule has 0 saturated heterocycles. The lowest BCUT2D eigenvalue weighted by Gasteiger charge is -2.02. The third-order valence-corrected chi connectivity index (χ3v) is 4.94. The smallest absolute Gasteiger partial charge is 0.230 e. The molecule has 124 valence electrons. The summed E-state index contributed by atoms with van der Waals surface area (Å²) in [6, 6.07) is 0. The van der Waals surface area contributed by atoms with Gasteiger partial charge in [-0.25, -0.2) is 4.98 Å². The predicted octanol–water partition coefficient (Wildman–Crippen LogP) is 1.90. The van der Waals surface area contributed by atoms with Gasteiger partial charge in [0.2, 0.25) is 5.91 Å². The fourth-order valence-electron chi connectivity index (χ4n) is 2.78. The lowest BCUT2D eigenvalue weighted by molar-refractivity contribution is -0.117. The Morgan fingerprint density at radius 1 is 1.50 bits per heavy atom. The first-order valence-corrected chi connectivity index (χ1v) is 8.66. The quantitative estimate of drug-likeness (QED) is 0.764. The Morgan fingerprint density at radius 2 is 2.38 bits per heavy atom. The van der Waals surface area contributed by atoms with Gasteiger partial charge in [-0.05, 0) is 13.3 Å². The van der Waals surface area contributed by atoms with E-state index >= 15 is 0 Å². The summed E-state index contributed by atoms with van der Waals surface area (Å²) in [6.45, 7) is 2.86. The van der Waals surface area contributed by atoms with Gasteiger partial charge in [0.1, 0.15) is 12.2 Å². The lowest BCUT2D eigenvalue weighted by atomic mass is 10.3. The van der Waals surface area contributed by atoms with Gasteiger partial charge in [-0.2, -0.15) is 5.10 Å². The van der Waals surface area contributed by atoms with E-state index in [9.17, 15) is 4.79 Å². The summed E-state index contributed by atoms with van der Waals surface area (Å²) in [5.74, 6) is 1.00. The first kappa shape index (κ1) is 15.0. The summed E-state index contributed by atoms with van der Waals surface area (Å²) < 4.78 is 3.72. The Labute approximate surface area is 142 Å². The van der Waals surface area contributed by atoms with E-state index in [4.69, 9.17) is 0 Å². The van der Waals surface area contributed by atoms with Crippen molar-refractivity contribution in [3.63, 3.8) is 0 Å². The Morgan fingerprint density at radius 3 is 3.12 bits per heavy atom. The Kier molecular flexibility index (Phi) is 3.64. The predicted molar refractivity (Wildman–Crippen MR) is 89.5 cm³/mol. The van der Waals surface area contributed by atoms with Gasteiger partial charge in [0.15, 0.2) is 5.13 Å².